The molecule has 0 fully saturated rings. The van der Waals surface area contributed by atoms with Crippen LogP contribution < -0.4 is 11.1 Å². The van der Waals surface area contributed by atoms with E-state index in [0.29, 0.717) is 12.8 Å². The van der Waals surface area contributed by atoms with Crippen molar-refractivity contribution in [1.29, 1.82) is 0 Å². The summed E-state index contributed by atoms with van der Waals surface area (Å²) in [5, 5.41) is 2.87. The van der Waals surface area contributed by atoms with Gasteiger partial charge in [-0.1, -0.05) is 32.9 Å². The molecule has 1 aromatic rings. The second-order valence-corrected chi connectivity index (χ2v) is 4.37. The molecule has 0 saturated heterocycles. The number of carbonyl (C=O) groups is 1. The Kier molecular flexibility index (Phi) is 4.70. The van der Waals surface area contributed by atoms with E-state index in [1.165, 1.54) is 5.56 Å². The van der Waals surface area contributed by atoms with Gasteiger partial charge in [0.25, 0.3) is 0 Å². The van der Waals surface area contributed by atoms with E-state index in [2.05, 4.69) is 12.2 Å². The molecule has 17 heavy (non-hydrogen) atoms. The lowest BCUT2D eigenvalue weighted by atomic mass is 9.93. The number of nitrogens with one attached hydrogen (secondary N) is 1. The largest absolute Gasteiger partial charge is 0.324 e. The summed E-state index contributed by atoms with van der Waals surface area (Å²) >= 11 is 0. The van der Waals surface area contributed by atoms with E-state index in [0.717, 1.165) is 12.1 Å². The van der Waals surface area contributed by atoms with E-state index >= 15 is 0 Å². The number of carbonyl (C=O) groups excluding carboxylic acids is 1. The van der Waals surface area contributed by atoms with Gasteiger partial charge in [0.1, 0.15) is 0 Å². The molecule has 0 aliphatic heterocycles. The Morgan fingerprint density at radius 3 is 2.12 bits per heavy atom. The van der Waals surface area contributed by atoms with Crippen molar-refractivity contribution in [3.05, 3.63) is 29.8 Å². The zero-order chi connectivity index (χ0) is 12.9. The number of hydrogen-bond donors (Lipinski definition) is 2. The zero-order valence-electron chi connectivity index (χ0n) is 10.9. The highest BCUT2D eigenvalue weighted by atomic mass is 16.2. The zero-order valence-corrected chi connectivity index (χ0v) is 10.9. The van der Waals surface area contributed by atoms with Crippen molar-refractivity contribution in [3.8, 4) is 0 Å². The van der Waals surface area contributed by atoms with Crippen LogP contribution in [0.4, 0.5) is 5.69 Å². The molecule has 94 valence electrons. The molecule has 3 nitrogen and oxygen atoms in total. The quantitative estimate of drug-likeness (QED) is 0.823. The van der Waals surface area contributed by atoms with Crippen molar-refractivity contribution in [3.63, 3.8) is 0 Å². The average molecular weight is 234 g/mol. The van der Waals surface area contributed by atoms with Gasteiger partial charge in [-0.15, -0.1) is 0 Å². The van der Waals surface area contributed by atoms with Gasteiger partial charge in [-0.25, -0.2) is 0 Å². The van der Waals surface area contributed by atoms with Crippen LogP contribution in [0, 0.1) is 0 Å². The number of amides is 1. The molecule has 0 radical (unpaired) electrons. The fourth-order valence-electron chi connectivity index (χ4n) is 1.65. The Morgan fingerprint density at radius 1 is 1.18 bits per heavy atom. The van der Waals surface area contributed by atoms with Gasteiger partial charge in [0.05, 0.1) is 5.54 Å². The Morgan fingerprint density at radius 2 is 1.71 bits per heavy atom. The third kappa shape index (κ3) is 3.30. The highest BCUT2D eigenvalue weighted by molar-refractivity contribution is 5.97. The molecule has 0 heterocycles. The van der Waals surface area contributed by atoms with E-state index in [1.54, 1.807) is 0 Å². The van der Waals surface area contributed by atoms with Gasteiger partial charge in [0.2, 0.25) is 5.91 Å². The maximum absolute atomic E-state index is 12.0. The van der Waals surface area contributed by atoms with Crippen LogP contribution in [0.25, 0.3) is 0 Å². The maximum atomic E-state index is 12.0. The maximum Gasteiger partial charge on any atom is 0.244 e. The minimum absolute atomic E-state index is 0.105. The van der Waals surface area contributed by atoms with Crippen molar-refractivity contribution < 1.29 is 4.79 Å². The topological polar surface area (TPSA) is 55.1 Å². The molecule has 1 rings (SSSR count). The molecule has 0 aliphatic rings. The molecule has 0 spiro atoms. The normalized spacial score (nSPS) is 11.3. The van der Waals surface area contributed by atoms with Crippen LogP contribution in [0.5, 0.6) is 0 Å². The number of benzene rings is 1. The van der Waals surface area contributed by atoms with Crippen LogP contribution in [-0.2, 0) is 11.2 Å². The summed E-state index contributed by atoms with van der Waals surface area (Å²) in [6.07, 6.45) is 2.28. The molecule has 3 heteroatoms. The first kappa shape index (κ1) is 13.7. The fourth-order valence-corrected chi connectivity index (χ4v) is 1.65. The number of nitrogens with two attached hydrogens (primary N) is 1. The van der Waals surface area contributed by atoms with Gasteiger partial charge in [-0.2, -0.15) is 0 Å². The summed E-state index contributed by atoms with van der Waals surface area (Å²) in [4.78, 5) is 12.0. The molecule has 0 saturated carbocycles. The van der Waals surface area contributed by atoms with Gasteiger partial charge < -0.3 is 11.1 Å². The van der Waals surface area contributed by atoms with E-state index < -0.39 is 5.54 Å². The lowest BCUT2D eigenvalue weighted by molar-refractivity contribution is -0.121. The van der Waals surface area contributed by atoms with Gasteiger partial charge in [-0.3, -0.25) is 4.79 Å². The Bertz CT molecular complexity index is 366. The Balaban J connectivity index is 2.73. The second kappa shape index (κ2) is 5.82. The molecule has 0 unspecified atom stereocenters. The monoisotopic (exact) mass is 234 g/mol. The number of rotatable bonds is 5. The standard InChI is InChI=1S/C14H22N2O/c1-4-11-7-9-12(10-8-11)16-13(17)14(15,5-2)6-3/h7-10H,4-6,15H2,1-3H3,(H,16,17). The smallest absolute Gasteiger partial charge is 0.244 e. The van der Waals surface area contributed by atoms with E-state index in [4.69, 9.17) is 5.73 Å². The minimum Gasteiger partial charge on any atom is -0.324 e. The third-order valence-electron chi connectivity index (χ3n) is 3.33. The van der Waals surface area contributed by atoms with E-state index in [9.17, 15) is 4.79 Å². The fraction of sp³-hybridized carbons (Fsp3) is 0.500. The summed E-state index contributed by atoms with van der Waals surface area (Å²) in [6.45, 7) is 5.97. The van der Waals surface area contributed by atoms with Crippen molar-refractivity contribution in [2.75, 3.05) is 5.32 Å². The first-order chi connectivity index (χ1) is 8.05. The Hall–Kier alpha value is -1.35. The summed E-state index contributed by atoms with van der Waals surface area (Å²) in [6, 6.07) is 7.88. The van der Waals surface area contributed by atoms with Crippen LogP contribution in [0.3, 0.4) is 0 Å². The van der Waals surface area contributed by atoms with Gasteiger partial charge in [0.15, 0.2) is 0 Å². The van der Waals surface area contributed by atoms with Crippen molar-refractivity contribution in [2.24, 2.45) is 5.73 Å². The molecule has 0 aromatic heterocycles. The summed E-state index contributed by atoms with van der Waals surface area (Å²) in [7, 11) is 0. The predicted octanol–water partition coefficient (Wildman–Crippen LogP) is 2.71. The van der Waals surface area contributed by atoms with Crippen LogP contribution in [0.15, 0.2) is 24.3 Å². The third-order valence-corrected chi connectivity index (χ3v) is 3.33. The predicted molar refractivity (Wildman–Crippen MR) is 72.0 cm³/mol. The van der Waals surface area contributed by atoms with Gasteiger partial charge >= 0.3 is 0 Å². The van der Waals surface area contributed by atoms with Crippen LogP contribution in [-0.4, -0.2) is 11.4 Å². The molecular formula is C14H22N2O. The van der Waals surface area contributed by atoms with Crippen molar-refractivity contribution in [1.82, 2.24) is 0 Å². The highest BCUT2D eigenvalue weighted by Crippen LogP contribution is 2.16. The molecule has 0 atom stereocenters. The number of hydrogen-bond acceptors (Lipinski definition) is 2. The molecule has 1 aromatic carbocycles. The summed E-state index contributed by atoms with van der Waals surface area (Å²) < 4.78 is 0. The van der Waals surface area contributed by atoms with E-state index in [-0.39, 0.29) is 5.91 Å². The number of anilines is 1. The first-order valence-electron chi connectivity index (χ1n) is 6.25. The highest BCUT2D eigenvalue weighted by Gasteiger charge is 2.29. The number of aryl methyl sites for hydroxylation is 1. The van der Waals surface area contributed by atoms with Crippen LogP contribution >= 0.6 is 0 Å². The van der Waals surface area contributed by atoms with Gasteiger partial charge in [0, 0.05) is 5.69 Å². The van der Waals surface area contributed by atoms with Crippen LogP contribution in [0.2, 0.25) is 0 Å². The average Bonchev–Trinajstić information content (AvgIpc) is 2.38. The molecular weight excluding hydrogens is 212 g/mol. The molecule has 0 aliphatic carbocycles. The molecule has 0 bridgehead atoms. The van der Waals surface area contributed by atoms with Crippen molar-refractivity contribution in [2.45, 2.75) is 45.6 Å². The molecule has 1 amide bonds. The van der Waals surface area contributed by atoms with Gasteiger partial charge in [-0.05, 0) is 37.0 Å². The summed E-state index contributed by atoms with van der Waals surface area (Å²) in [5.74, 6) is -0.105. The SMILES string of the molecule is CCc1ccc(NC(=O)C(N)(CC)CC)cc1. The second-order valence-electron chi connectivity index (χ2n) is 4.37. The van der Waals surface area contributed by atoms with Crippen LogP contribution in [0.1, 0.15) is 39.2 Å². The molecule has 3 N–H and O–H groups in total. The lowest BCUT2D eigenvalue weighted by Gasteiger charge is -2.25. The first-order valence-corrected chi connectivity index (χ1v) is 6.25. The summed E-state index contributed by atoms with van der Waals surface area (Å²) in [5.41, 5.74) is 7.34. The minimum atomic E-state index is -0.760. The van der Waals surface area contributed by atoms with E-state index in [1.807, 2.05) is 38.1 Å². The lowest BCUT2D eigenvalue weighted by Crippen LogP contribution is -2.50. The van der Waals surface area contributed by atoms with Crippen molar-refractivity contribution >= 4 is 11.6 Å². The Labute approximate surface area is 103 Å².